The number of aliphatic carboxylic acids is 1. The van der Waals surface area contributed by atoms with Gasteiger partial charge in [-0.3, -0.25) is 4.79 Å². The van der Waals surface area contributed by atoms with Crippen LogP contribution in [-0.4, -0.2) is 53.0 Å². The zero-order valence-electron chi connectivity index (χ0n) is 18.8. The zero-order chi connectivity index (χ0) is 24.8. The van der Waals surface area contributed by atoms with Crippen LogP contribution in [0.5, 0.6) is 0 Å². The molecule has 0 fully saturated rings. The van der Waals surface area contributed by atoms with Gasteiger partial charge in [0, 0.05) is 23.9 Å². The molecule has 8 nitrogen and oxygen atoms in total. The predicted molar refractivity (Wildman–Crippen MR) is 128 cm³/mol. The highest BCUT2D eigenvalue weighted by atomic mass is 19.1. The van der Waals surface area contributed by atoms with Crippen LogP contribution in [0.15, 0.2) is 73.2 Å². The number of carboxylic acid groups (broad SMARTS) is 1. The Balaban J connectivity index is 1.78. The lowest BCUT2D eigenvalue weighted by Gasteiger charge is -2.17. The molecule has 3 N–H and O–H groups in total. The number of carbonyl (C=O) groups is 1. The molecule has 180 valence electrons. The number of aliphatic hydroxyl groups is 2. The average Bonchev–Trinajstić information content (AvgIpc) is 3.23. The van der Waals surface area contributed by atoms with Gasteiger partial charge in [-0.2, -0.15) is 0 Å². The van der Waals surface area contributed by atoms with Crippen molar-refractivity contribution in [2.75, 3.05) is 0 Å². The Morgan fingerprint density at radius 1 is 0.971 bits per heavy atom. The standard InChI is InChI=1S/C26H25FN4O4/c27-19-8-6-17(7-9-19)24-25(22-10-12-28-16-29-22)31(26(30-24)18-4-2-1-3-5-18)13-11-20(32)14-21(33)15-23(34)35/h1-10,12,16,20-21,32-33H,11,13-15H2,(H,34,35). The number of imidazole rings is 1. The Labute approximate surface area is 201 Å². The summed E-state index contributed by atoms with van der Waals surface area (Å²) in [6.45, 7) is 0.318. The summed E-state index contributed by atoms with van der Waals surface area (Å²) in [5.41, 5.74) is 3.43. The van der Waals surface area contributed by atoms with Gasteiger partial charge in [0.25, 0.3) is 0 Å². The van der Waals surface area contributed by atoms with Crippen LogP contribution in [0.1, 0.15) is 19.3 Å². The third-order valence-electron chi connectivity index (χ3n) is 5.58. The molecule has 2 atom stereocenters. The van der Waals surface area contributed by atoms with Gasteiger partial charge in [0.2, 0.25) is 0 Å². The molecule has 0 saturated heterocycles. The van der Waals surface area contributed by atoms with E-state index in [0.717, 1.165) is 5.56 Å². The summed E-state index contributed by atoms with van der Waals surface area (Å²) in [4.78, 5) is 24.2. The molecule has 0 bridgehead atoms. The number of hydrogen-bond donors (Lipinski definition) is 3. The molecule has 0 aliphatic rings. The second-order valence-corrected chi connectivity index (χ2v) is 8.18. The van der Waals surface area contributed by atoms with Crippen molar-refractivity contribution < 1.29 is 24.5 Å². The van der Waals surface area contributed by atoms with Gasteiger partial charge < -0.3 is 19.9 Å². The van der Waals surface area contributed by atoms with Gasteiger partial charge >= 0.3 is 5.97 Å². The summed E-state index contributed by atoms with van der Waals surface area (Å²) in [7, 11) is 0. The first-order valence-corrected chi connectivity index (χ1v) is 11.2. The van der Waals surface area contributed by atoms with E-state index in [0.29, 0.717) is 35.0 Å². The fourth-order valence-electron chi connectivity index (χ4n) is 3.97. The van der Waals surface area contributed by atoms with Crippen molar-refractivity contribution in [1.29, 1.82) is 0 Å². The molecule has 4 aromatic rings. The summed E-state index contributed by atoms with van der Waals surface area (Å²) < 4.78 is 15.6. The SMILES string of the molecule is O=C(O)CC(O)CC(O)CCn1c(-c2ccccc2)nc(-c2ccc(F)cc2)c1-c1ccncn1. The molecular weight excluding hydrogens is 451 g/mol. The van der Waals surface area contributed by atoms with Crippen molar-refractivity contribution in [3.05, 3.63) is 79.0 Å². The third kappa shape index (κ3) is 5.95. The van der Waals surface area contributed by atoms with Gasteiger partial charge in [0.15, 0.2) is 0 Å². The normalized spacial score (nSPS) is 12.9. The first-order valence-electron chi connectivity index (χ1n) is 11.2. The van der Waals surface area contributed by atoms with Crippen molar-refractivity contribution in [3.8, 4) is 34.0 Å². The molecule has 2 aromatic carbocycles. The molecule has 2 aromatic heterocycles. The molecule has 0 aliphatic heterocycles. The zero-order valence-corrected chi connectivity index (χ0v) is 18.8. The van der Waals surface area contributed by atoms with E-state index in [1.54, 1.807) is 24.4 Å². The quantitative estimate of drug-likeness (QED) is 0.318. The number of carboxylic acids is 1. The van der Waals surface area contributed by atoms with Gasteiger partial charge in [-0.05, 0) is 43.2 Å². The average molecular weight is 477 g/mol. The molecular formula is C26H25FN4O4. The maximum atomic E-state index is 13.6. The number of benzene rings is 2. The monoisotopic (exact) mass is 476 g/mol. The van der Waals surface area contributed by atoms with E-state index in [1.165, 1.54) is 18.5 Å². The molecule has 0 amide bonds. The van der Waals surface area contributed by atoms with Gasteiger partial charge in [-0.15, -0.1) is 0 Å². The Bertz CT molecular complexity index is 1260. The van der Waals surface area contributed by atoms with Crippen molar-refractivity contribution in [3.63, 3.8) is 0 Å². The van der Waals surface area contributed by atoms with Crippen LogP contribution >= 0.6 is 0 Å². The Morgan fingerprint density at radius 2 is 1.71 bits per heavy atom. The summed E-state index contributed by atoms with van der Waals surface area (Å²) in [6.07, 6.45) is 0.729. The van der Waals surface area contributed by atoms with Crippen LogP contribution in [0.4, 0.5) is 4.39 Å². The topological polar surface area (TPSA) is 121 Å². The van der Waals surface area contributed by atoms with Gasteiger partial charge in [0.1, 0.15) is 18.0 Å². The molecule has 0 spiro atoms. The third-order valence-corrected chi connectivity index (χ3v) is 5.58. The number of aliphatic hydroxyl groups excluding tert-OH is 2. The van der Waals surface area contributed by atoms with Crippen LogP contribution < -0.4 is 0 Å². The smallest absolute Gasteiger partial charge is 0.305 e. The minimum atomic E-state index is -1.14. The van der Waals surface area contributed by atoms with E-state index in [1.807, 2.05) is 34.9 Å². The molecule has 2 unspecified atom stereocenters. The minimum Gasteiger partial charge on any atom is -0.481 e. The summed E-state index contributed by atoms with van der Waals surface area (Å²) in [5.74, 6) is -0.847. The number of rotatable bonds is 10. The van der Waals surface area contributed by atoms with Crippen LogP contribution in [0, 0.1) is 5.82 Å². The number of hydrogen-bond acceptors (Lipinski definition) is 6. The number of aromatic nitrogens is 4. The van der Waals surface area contributed by atoms with E-state index in [2.05, 4.69) is 9.97 Å². The van der Waals surface area contributed by atoms with Gasteiger partial charge in [-0.1, -0.05) is 30.3 Å². The number of halogens is 1. The molecule has 0 aliphatic carbocycles. The first kappa shape index (κ1) is 24.2. The van der Waals surface area contributed by atoms with Crippen LogP contribution in [0.3, 0.4) is 0 Å². The highest BCUT2D eigenvalue weighted by Crippen LogP contribution is 2.35. The molecule has 2 heterocycles. The first-order chi connectivity index (χ1) is 16.9. The van der Waals surface area contributed by atoms with Gasteiger partial charge in [-0.25, -0.2) is 19.3 Å². The highest BCUT2D eigenvalue weighted by molar-refractivity contribution is 5.80. The van der Waals surface area contributed by atoms with Crippen molar-refractivity contribution >= 4 is 5.97 Å². The Morgan fingerprint density at radius 3 is 2.37 bits per heavy atom. The van der Waals surface area contributed by atoms with Crippen LogP contribution in [0.25, 0.3) is 34.0 Å². The molecule has 0 saturated carbocycles. The lowest BCUT2D eigenvalue weighted by Crippen LogP contribution is -2.22. The van der Waals surface area contributed by atoms with Crippen molar-refractivity contribution in [2.45, 2.75) is 38.0 Å². The lowest BCUT2D eigenvalue weighted by molar-refractivity contribution is -0.139. The van der Waals surface area contributed by atoms with E-state index in [9.17, 15) is 19.4 Å². The van der Waals surface area contributed by atoms with Gasteiger partial charge in [0.05, 0.1) is 35.7 Å². The van der Waals surface area contributed by atoms with Crippen LogP contribution in [0.2, 0.25) is 0 Å². The van der Waals surface area contributed by atoms with Crippen molar-refractivity contribution in [2.24, 2.45) is 0 Å². The summed E-state index contributed by atoms with van der Waals surface area (Å²) >= 11 is 0. The van der Waals surface area contributed by atoms with Crippen molar-refractivity contribution in [1.82, 2.24) is 19.5 Å². The highest BCUT2D eigenvalue weighted by Gasteiger charge is 2.23. The second-order valence-electron chi connectivity index (χ2n) is 8.18. The predicted octanol–water partition coefficient (Wildman–Crippen LogP) is 3.79. The molecule has 4 rings (SSSR count). The Hall–Kier alpha value is -3.95. The second kappa shape index (κ2) is 11.0. The maximum Gasteiger partial charge on any atom is 0.305 e. The maximum absolute atomic E-state index is 13.6. The lowest BCUT2D eigenvalue weighted by atomic mass is 10.1. The summed E-state index contributed by atoms with van der Waals surface area (Å²) in [5, 5.41) is 29.3. The summed E-state index contributed by atoms with van der Waals surface area (Å²) in [6, 6.07) is 17.3. The number of nitrogens with zero attached hydrogens (tertiary/aromatic N) is 4. The van der Waals surface area contributed by atoms with E-state index in [4.69, 9.17) is 10.1 Å². The van der Waals surface area contributed by atoms with Crippen LogP contribution in [-0.2, 0) is 11.3 Å². The molecule has 0 radical (unpaired) electrons. The largest absolute Gasteiger partial charge is 0.481 e. The fraction of sp³-hybridized carbons (Fsp3) is 0.231. The fourth-order valence-corrected chi connectivity index (χ4v) is 3.97. The Kier molecular flexibility index (Phi) is 7.59. The molecule has 9 heteroatoms. The van der Waals surface area contributed by atoms with E-state index < -0.39 is 24.6 Å². The minimum absolute atomic E-state index is 0.0602. The van der Waals surface area contributed by atoms with E-state index >= 15 is 0 Å². The molecule has 35 heavy (non-hydrogen) atoms. The van der Waals surface area contributed by atoms with E-state index in [-0.39, 0.29) is 18.7 Å².